The third-order valence-electron chi connectivity index (χ3n) is 2.13. The van der Waals surface area contributed by atoms with Crippen molar-refractivity contribution in [3.8, 4) is 0 Å². The number of hydrogen-bond acceptors (Lipinski definition) is 3. The van der Waals surface area contributed by atoms with E-state index in [9.17, 15) is 18.0 Å². The smallest absolute Gasteiger partial charge is 0.298 e. The van der Waals surface area contributed by atoms with Gasteiger partial charge in [0.25, 0.3) is 5.91 Å². The van der Waals surface area contributed by atoms with Gasteiger partial charge in [0.1, 0.15) is 0 Å². The van der Waals surface area contributed by atoms with Crippen LogP contribution in [0.15, 0.2) is 35.8 Å². The first-order valence-corrected chi connectivity index (χ1v) is 5.73. The SMILES string of the molecule is Br.O=C(Nc1nccs1)c1ccccc1C(F)(F)F. The maximum Gasteiger partial charge on any atom is 0.417 e. The Bertz CT molecular complexity index is 557. The molecule has 0 aliphatic carbocycles. The number of halogens is 4. The van der Waals surface area contributed by atoms with Crippen molar-refractivity contribution in [2.24, 2.45) is 0 Å². The number of benzene rings is 1. The average molecular weight is 353 g/mol. The molecule has 1 N–H and O–H groups in total. The molecule has 0 atom stereocenters. The maximum atomic E-state index is 12.7. The topological polar surface area (TPSA) is 42.0 Å². The molecule has 0 saturated heterocycles. The average Bonchev–Trinajstić information content (AvgIpc) is 2.80. The first-order valence-electron chi connectivity index (χ1n) is 4.85. The number of anilines is 1. The number of carbonyl (C=O) groups excluding carboxylic acids is 1. The number of nitrogens with zero attached hydrogens (tertiary/aromatic N) is 1. The molecular formula is C11H8BrF3N2OS. The van der Waals surface area contributed by atoms with Crippen molar-refractivity contribution < 1.29 is 18.0 Å². The molecule has 0 radical (unpaired) electrons. The Balaban J connectivity index is 0.00000180. The molecule has 0 bridgehead atoms. The van der Waals surface area contributed by atoms with Gasteiger partial charge in [0.05, 0.1) is 11.1 Å². The molecule has 3 nitrogen and oxygen atoms in total. The fraction of sp³-hybridized carbons (Fsp3) is 0.0909. The van der Waals surface area contributed by atoms with Crippen molar-refractivity contribution in [1.82, 2.24) is 4.98 Å². The van der Waals surface area contributed by atoms with Crippen LogP contribution in [-0.2, 0) is 6.18 Å². The minimum absolute atomic E-state index is 0. The summed E-state index contributed by atoms with van der Waals surface area (Å²) in [5.41, 5.74) is -1.38. The van der Waals surface area contributed by atoms with Gasteiger partial charge in [-0.05, 0) is 12.1 Å². The van der Waals surface area contributed by atoms with Crippen molar-refractivity contribution in [1.29, 1.82) is 0 Å². The zero-order valence-corrected chi connectivity index (χ0v) is 11.8. The van der Waals surface area contributed by atoms with Crippen molar-refractivity contribution in [2.75, 3.05) is 5.32 Å². The molecule has 0 spiro atoms. The number of rotatable bonds is 2. The number of nitrogens with one attached hydrogen (secondary N) is 1. The van der Waals surface area contributed by atoms with Gasteiger partial charge in [-0.15, -0.1) is 28.3 Å². The summed E-state index contributed by atoms with van der Waals surface area (Å²) in [6.45, 7) is 0. The van der Waals surface area contributed by atoms with Crippen molar-refractivity contribution in [3.63, 3.8) is 0 Å². The molecule has 0 saturated carbocycles. The maximum absolute atomic E-state index is 12.7. The molecule has 19 heavy (non-hydrogen) atoms. The van der Waals surface area contributed by atoms with E-state index in [4.69, 9.17) is 0 Å². The second kappa shape index (κ2) is 6.16. The van der Waals surface area contributed by atoms with E-state index in [-0.39, 0.29) is 22.1 Å². The molecule has 2 rings (SSSR count). The van der Waals surface area contributed by atoms with Gasteiger partial charge in [0.15, 0.2) is 5.13 Å². The van der Waals surface area contributed by atoms with Crippen LogP contribution in [-0.4, -0.2) is 10.9 Å². The van der Waals surface area contributed by atoms with Crippen LogP contribution in [0.4, 0.5) is 18.3 Å². The quantitative estimate of drug-likeness (QED) is 0.887. The van der Waals surface area contributed by atoms with Gasteiger partial charge >= 0.3 is 6.18 Å². The van der Waals surface area contributed by atoms with E-state index in [1.807, 2.05) is 0 Å². The van der Waals surface area contributed by atoms with Crippen LogP contribution >= 0.6 is 28.3 Å². The number of carbonyl (C=O) groups is 1. The molecule has 1 heterocycles. The number of alkyl halides is 3. The highest BCUT2D eigenvalue weighted by Gasteiger charge is 2.34. The lowest BCUT2D eigenvalue weighted by atomic mass is 10.1. The standard InChI is InChI=1S/C11H7F3N2OS.BrH/c12-11(13,14)8-4-2-1-3-7(8)9(17)16-10-15-5-6-18-10;/h1-6H,(H,15,16,17);1H. The Morgan fingerprint density at radius 3 is 2.53 bits per heavy atom. The van der Waals surface area contributed by atoms with Crippen LogP contribution in [0.1, 0.15) is 15.9 Å². The number of thiazole rings is 1. The fourth-order valence-electron chi connectivity index (χ4n) is 1.38. The van der Waals surface area contributed by atoms with Crippen LogP contribution < -0.4 is 5.32 Å². The van der Waals surface area contributed by atoms with E-state index in [1.54, 1.807) is 5.38 Å². The molecule has 0 aliphatic heterocycles. The summed E-state index contributed by atoms with van der Waals surface area (Å²) in [4.78, 5) is 15.5. The highest BCUT2D eigenvalue weighted by molar-refractivity contribution is 8.93. The Kier molecular flexibility index (Phi) is 5.07. The molecule has 102 valence electrons. The first-order chi connectivity index (χ1) is 8.48. The second-order valence-corrected chi connectivity index (χ2v) is 4.23. The van der Waals surface area contributed by atoms with E-state index in [2.05, 4.69) is 10.3 Å². The van der Waals surface area contributed by atoms with Crippen LogP contribution in [0.3, 0.4) is 0 Å². The number of amides is 1. The molecular weight excluding hydrogens is 345 g/mol. The molecule has 2 aromatic rings. The fourth-order valence-corrected chi connectivity index (χ4v) is 1.90. The monoisotopic (exact) mass is 352 g/mol. The van der Waals surface area contributed by atoms with Gasteiger partial charge in [-0.25, -0.2) is 4.98 Å². The molecule has 0 fully saturated rings. The summed E-state index contributed by atoms with van der Waals surface area (Å²) in [5, 5.41) is 4.20. The molecule has 1 amide bonds. The largest absolute Gasteiger partial charge is 0.417 e. The van der Waals surface area contributed by atoms with E-state index in [0.717, 1.165) is 23.5 Å². The van der Waals surface area contributed by atoms with Gasteiger partial charge in [0.2, 0.25) is 0 Å². The summed E-state index contributed by atoms with van der Waals surface area (Å²) in [7, 11) is 0. The van der Waals surface area contributed by atoms with E-state index in [1.165, 1.54) is 18.3 Å². The lowest BCUT2D eigenvalue weighted by Gasteiger charge is -2.11. The van der Waals surface area contributed by atoms with Gasteiger partial charge in [-0.3, -0.25) is 10.1 Å². The molecule has 8 heteroatoms. The zero-order valence-electron chi connectivity index (χ0n) is 9.27. The van der Waals surface area contributed by atoms with Gasteiger partial charge in [-0.1, -0.05) is 12.1 Å². The highest BCUT2D eigenvalue weighted by Crippen LogP contribution is 2.32. The summed E-state index contributed by atoms with van der Waals surface area (Å²) >= 11 is 1.13. The van der Waals surface area contributed by atoms with Crippen LogP contribution in [0, 0.1) is 0 Å². The minimum atomic E-state index is -4.56. The predicted octanol–water partition coefficient (Wildman–Crippen LogP) is 3.99. The lowest BCUT2D eigenvalue weighted by molar-refractivity contribution is -0.137. The molecule has 0 unspecified atom stereocenters. The minimum Gasteiger partial charge on any atom is -0.298 e. The zero-order chi connectivity index (χ0) is 13.2. The normalized spacial score (nSPS) is 10.7. The van der Waals surface area contributed by atoms with E-state index in [0.29, 0.717) is 0 Å². The summed E-state index contributed by atoms with van der Waals surface area (Å²) in [6, 6.07) is 4.62. The van der Waals surface area contributed by atoms with Crippen LogP contribution in [0.2, 0.25) is 0 Å². The number of hydrogen-bond donors (Lipinski definition) is 1. The molecule has 1 aromatic heterocycles. The van der Waals surface area contributed by atoms with Gasteiger partial charge in [-0.2, -0.15) is 13.2 Å². The van der Waals surface area contributed by atoms with Crippen molar-refractivity contribution in [2.45, 2.75) is 6.18 Å². The van der Waals surface area contributed by atoms with Crippen molar-refractivity contribution in [3.05, 3.63) is 47.0 Å². The second-order valence-electron chi connectivity index (χ2n) is 3.33. The molecule has 1 aromatic carbocycles. The van der Waals surface area contributed by atoms with Crippen LogP contribution in [0.25, 0.3) is 0 Å². The highest BCUT2D eigenvalue weighted by atomic mass is 79.9. The predicted molar refractivity (Wildman–Crippen MR) is 71.8 cm³/mol. The Morgan fingerprint density at radius 1 is 1.26 bits per heavy atom. The summed E-state index contributed by atoms with van der Waals surface area (Å²) < 4.78 is 38.1. The van der Waals surface area contributed by atoms with Gasteiger partial charge in [0, 0.05) is 11.6 Å². The lowest BCUT2D eigenvalue weighted by Crippen LogP contribution is -2.18. The third kappa shape index (κ3) is 3.77. The van der Waals surface area contributed by atoms with Crippen LogP contribution in [0.5, 0.6) is 0 Å². The summed E-state index contributed by atoms with van der Waals surface area (Å²) in [5.74, 6) is -0.821. The molecule has 0 aliphatic rings. The Labute approximate surface area is 121 Å². The first kappa shape index (κ1) is 15.6. The Morgan fingerprint density at radius 2 is 1.95 bits per heavy atom. The third-order valence-corrected chi connectivity index (χ3v) is 2.82. The van der Waals surface area contributed by atoms with E-state index < -0.39 is 23.2 Å². The van der Waals surface area contributed by atoms with Gasteiger partial charge < -0.3 is 0 Å². The number of aromatic nitrogens is 1. The van der Waals surface area contributed by atoms with E-state index >= 15 is 0 Å². The summed E-state index contributed by atoms with van der Waals surface area (Å²) in [6.07, 6.45) is -3.10. The van der Waals surface area contributed by atoms with Crippen molar-refractivity contribution >= 4 is 39.4 Å². The Hall–Kier alpha value is -1.41.